The molecule has 2 heterocycles. The van der Waals surface area contributed by atoms with E-state index in [0.29, 0.717) is 35.5 Å². The third-order valence-corrected chi connectivity index (χ3v) is 4.21. The Morgan fingerprint density at radius 2 is 2.16 bits per heavy atom. The van der Waals surface area contributed by atoms with E-state index in [1.54, 1.807) is 31.2 Å². The predicted molar refractivity (Wildman–Crippen MR) is 90.3 cm³/mol. The van der Waals surface area contributed by atoms with Gasteiger partial charge in [-0.2, -0.15) is 4.98 Å². The third kappa shape index (κ3) is 4.57. The number of hydrogen-bond acceptors (Lipinski definition) is 6. The van der Waals surface area contributed by atoms with Crippen LogP contribution in [0.3, 0.4) is 0 Å². The Morgan fingerprint density at radius 1 is 1.36 bits per heavy atom. The van der Waals surface area contributed by atoms with Crippen molar-refractivity contribution >= 4 is 5.91 Å². The monoisotopic (exact) mass is 345 g/mol. The van der Waals surface area contributed by atoms with Gasteiger partial charge in [0.1, 0.15) is 5.75 Å². The summed E-state index contributed by atoms with van der Waals surface area (Å²) in [5.41, 5.74) is 0.656. The average Bonchev–Trinajstić information content (AvgIpc) is 3.29. The quantitative estimate of drug-likeness (QED) is 0.767. The molecule has 0 spiro atoms. The van der Waals surface area contributed by atoms with Gasteiger partial charge in [-0.25, -0.2) is 0 Å². The topological polar surface area (TPSA) is 77.7 Å². The maximum atomic E-state index is 12.7. The Hall–Kier alpha value is -2.41. The van der Waals surface area contributed by atoms with E-state index in [2.05, 4.69) is 10.1 Å². The normalized spacial score (nSPS) is 16.8. The van der Waals surface area contributed by atoms with Crippen molar-refractivity contribution in [2.75, 3.05) is 26.3 Å². The van der Waals surface area contributed by atoms with Crippen LogP contribution < -0.4 is 4.74 Å². The van der Waals surface area contributed by atoms with E-state index >= 15 is 0 Å². The number of hydrogen-bond donors (Lipinski definition) is 0. The number of ether oxygens (including phenoxy) is 2. The van der Waals surface area contributed by atoms with Gasteiger partial charge < -0.3 is 18.9 Å². The van der Waals surface area contributed by atoms with Gasteiger partial charge in [0, 0.05) is 38.1 Å². The highest BCUT2D eigenvalue weighted by molar-refractivity contribution is 5.94. The second-order valence-corrected chi connectivity index (χ2v) is 6.12. The van der Waals surface area contributed by atoms with E-state index in [9.17, 15) is 4.79 Å². The molecule has 25 heavy (non-hydrogen) atoms. The highest BCUT2D eigenvalue weighted by atomic mass is 16.5. The summed E-state index contributed by atoms with van der Waals surface area (Å²) in [6.45, 7) is 6.92. The number of aromatic nitrogens is 2. The molecule has 1 aliphatic rings. The van der Waals surface area contributed by atoms with Crippen LogP contribution in [0.5, 0.6) is 5.75 Å². The molecule has 1 atom stereocenters. The number of nitrogens with zero attached hydrogens (tertiary/aromatic N) is 3. The third-order valence-electron chi connectivity index (χ3n) is 4.21. The van der Waals surface area contributed by atoms with Gasteiger partial charge in [-0.15, -0.1) is 0 Å². The molecular weight excluding hydrogens is 322 g/mol. The van der Waals surface area contributed by atoms with E-state index in [1.165, 1.54) is 0 Å². The van der Waals surface area contributed by atoms with Crippen LogP contribution in [0.1, 0.15) is 35.4 Å². The van der Waals surface area contributed by atoms with E-state index in [4.69, 9.17) is 14.0 Å². The summed E-state index contributed by atoms with van der Waals surface area (Å²) in [6.07, 6.45) is 1.02. The van der Waals surface area contributed by atoms with Gasteiger partial charge in [0.25, 0.3) is 5.91 Å². The maximum absolute atomic E-state index is 12.7. The van der Waals surface area contributed by atoms with Crippen molar-refractivity contribution in [3.63, 3.8) is 0 Å². The molecule has 2 aromatic rings. The lowest BCUT2D eigenvalue weighted by molar-refractivity contribution is 0.0731. The fourth-order valence-electron chi connectivity index (χ4n) is 2.82. The molecular formula is C18H23N3O4. The minimum Gasteiger partial charge on any atom is -0.485 e. The fraction of sp³-hybridized carbons (Fsp3) is 0.500. The second kappa shape index (κ2) is 8.11. The highest BCUT2D eigenvalue weighted by Crippen LogP contribution is 2.18. The average molecular weight is 345 g/mol. The summed E-state index contributed by atoms with van der Waals surface area (Å²) in [6, 6.07) is 7.14. The van der Waals surface area contributed by atoms with Gasteiger partial charge in [-0.05, 0) is 37.6 Å². The first-order valence-corrected chi connectivity index (χ1v) is 8.54. The lowest BCUT2D eigenvalue weighted by Crippen LogP contribution is -2.35. The molecule has 134 valence electrons. The standard InChI is InChI=1S/C18H23N3O4/c1-3-21(10-14-8-9-23-11-14)18(22)15-4-6-16(7-5-15)24-12-17-19-13(2)25-20-17/h4-7,14H,3,8-12H2,1-2H3/t14-/m0/s1. The predicted octanol–water partition coefficient (Wildman–Crippen LogP) is 2.46. The maximum Gasteiger partial charge on any atom is 0.253 e. The Balaban J connectivity index is 1.57. The molecule has 1 aromatic carbocycles. The fourth-order valence-corrected chi connectivity index (χ4v) is 2.82. The van der Waals surface area contributed by atoms with Crippen LogP contribution in [-0.4, -0.2) is 47.3 Å². The number of benzene rings is 1. The summed E-state index contributed by atoms with van der Waals surface area (Å²) in [5.74, 6) is 2.13. The Bertz CT molecular complexity index is 693. The SMILES string of the molecule is CCN(C[C@@H]1CCOC1)C(=O)c1ccc(OCc2noc(C)n2)cc1. The van der Waals surface area contributed by atoms with Crippen molar-refractivity contribution in [2.24, 2.45) is 5.92 Å². The van der Waals surface area contributed by atoms with Gasteiger partial charge in [0.2, 0.25) is 11.7 Å². The zero-order valence-corrected chi connectivity index (χ0v) is 14.6. The zero-order chi connectivity index (χ0) is 17.6. The molecule has 7 heteroatoms. The van der Waals surface area contributed by atoms with Crippen molar-refractivity contribution in [1.82, 2.24) is 15.0 Å². The summed E-state index contributed by atoms with van der Waals surface area (Å²) in [5, 5.41) is 3.78. The van der Waals surface area contributed by atoms with Crippen LogP contribution >= 0.6 is 0 Å². The molecule has 0 saturated carbocycles. The minimum atomic E-state index is 0.0368. The second-order valence-electron chi connectivity index (χ2n) is 6.12. The molecule has 0 unspecified atom stereocenters. The summed E-state index contributed by atoms with van der Waals surface area (Å²) in [7, 11) is 0. The number of carbonyl (C=O) groups excluding carboxylic acids is 1. The summed E-state index contributed by atoms with van der Waals surface area (Å²) < 4.78 is 15.9. The number of carbonyl (C=O) groups is 1. The molecule has 1 aromatic heterocycles. The molecule has 3 rings (SSSR count). The van der Waals surface area contributed by atoms with Gasteiger partial charge in [0.15, 0.2) is 6.61 Å². The molecule has 1 fully saturated rings. The van der Waals surface area contributed by atoms with Crippen LogP contribution in [0.25, 0.3) is 0 Å². The first-order valence-electron chi connectivity index (χ1n) is 8.54. The van der Waals surface area contributed by atoms with E-state index in [1.807, 2.05) is 11.8 Å². The van der Waals surface area contributed by atoms with Crippen LogP contribution in [0.4, 0.5) is 0 Å². The van der Waals surface area contributed by atoms with Crippen molar-refractivity contribution in [2.45, 2.75) is 26.9 Å². The van der Waals surface area contributed by atoms with Gasteiger partial charge >= 0.3 is 0 Å². The molecule has 0 N–H and O–H groups in total. The Morgan fingerprint density at radius 3 is 2.76 bits per heavy atom. The molecule has 0 bridgehead atoms. The minimum absolute atomic E-state index is 0.0368. The van der Waals surface area contributed by atoms with Gasteiger partial charge in [-0.1, -0.05) is 5.16 Å². The Kier molecular flexibility index (Phi) is 5.65. The lowest BCUT2D eigenvalue weighted by atomic mass is 10.1. The molecule has 1 aliphatic heterocycles. The number of amides is 1. The van der Waals surface area contributed by atoms with Gasteiger partial charge in [-0.3, -0.25) is 4.79 Å². The molecule has 7 nitrogen and oxygen atoms in total. The smallest absolute Gasteiger partial charge is 0.253 e. The molecule has 1 saturated heterocycles. The van der Waals surface area contributed by atoms with Crippen molar-refractivity contribution in [1.29, 1.82) is 0 Å². The van der Waals surface area contributed by atoms with E-state index in [0.717, 1.165) is 26.2 Å². The summed E-state index contributed by atoms with van der Waals surface area (Å²) >= 11 is 0. The first-order chi connectivity index (χ1) is 12.2. The molecule has 0 radical (unpaired) electrons. The molecule has 1 amide bonds. The molecule has 0 aliphatic carbocycles. The first kappa shape index (κ1) is 17.4. The lowest BCUT2D eigenvalue weighted by Gasteiger charge is -2.23. The number of rotatable bonds is 7. The largest absolute Gasteiger partial charge is 0.485 e. The van der Waals surface area contributed by atoms with Crippen molar-refractivity contribution in [3.05, 3.63) is 41.5 Å². The van der Waals surface area contributed by atoms with E-state index < -0.39 is 0 Å². The highest BCUT2D eigenvalue weighted by Gasteiger charge is 2.22. The van der Waals surface area contributed by atoms with Crippen LogP contribution in [-0.2, 0) is 11.3 Å². The van der Waals surface area contributed by atoms with E-state index in [-0.39, 0.29) is 12.5 Å². The van der Waals surface area contributed by atoms with Crippen molar-refractivity contribution < 1.29 is 18.8 Å². The van der Waals surface area contributed by atoms with Gasteiger partial charge in [0.05, 0.1) is 6.61 Å². The van der Waals surface area contributed by atoms with Crippen LogP contribution in [0, 0.1) is 12.8 Å². The van der Waals surface area contributed by atoms with Crippen molar-refractivity contribution in [3.8, 4) is 5.75 Å². The van der Waals surface area contributed by atoms with Crippen LogP contribution in [0.15, 0.2) is 28.8 Å². The summed E-state index contributed by atoms with van der Waals surface area (Å²) in [4.78, 5) is 18.6. The Labute approximate surface area is 146 Å². The van der Waals surface area contributed by atoms with Crippen LogP contribution in [0.2, 0.25) is 0 Å². The number of aryl methyl sites for hydroxylation is 1. The zero-order valence-electron chi connectivity index (χ0n) is 14.6.